The van der Waals surface area contributed by atoms with E-state index >= 15 is 0 Å². The van der Waals surface area contributed by atoms with Gasteiger partial charge in [0.1, 0.15) is 11.8 Å². The molecule has 2 aromatic carbocycles. The van der Waals surface area contributed by atoms with E-state index in [4.69, 9.17) is 28.6 Å². The molecule has 1 N–H and O–H groups in total. The van der Waals surface area contributed by atoms with Crippen LogP contribution in [0.5, 0.6) is 5.75 Å². The molecule has 2 amide bonds. The highest BCUT2D eigenvalue weighted by atomic mass is 35.5. The molecule has 0 unspecified atom stereocenters. The number of benzene rings is 2. The van der Waals surface area contributed by atoms with E-state index in [1.54, 1.807) is 59.9 Å². The summed E-state index contributed by atoms with van der Waals surface area (Å²) < 4.78 is 5.45. The molecule has 1 aromatic heterocycles. The van der Waals surface area contributed by atoms with Gasteiger partial charge >= 0.3 is 0 Å². The van der Waals surface area contributed by atoms with Crippen LogP contribution in [0.3, 0.4) is 0 Å². The van der Waals surface area contributed by atoms with Gasteiger partial charge in [0.15, 0.2) is 5.11 Å². The van der Waals surface area contributed by atoms with Crippen molar-refractivity contribution in [1.29, 1.82) is 0 Å². The number of ether oxygens (including phenoxy) is 1. The van der Waals surface area contributed by atoms with E-state index in [9.17, 15) is 9.59 Å². The van der Waals surface area contributed by atoms with Crippen molar-refractivity contribution in [3.8, 4) is 5.75 Å². The first-order chi connectivity index (χ1) is 16.9. The summed E-state index contributed by atoms with van der Waals surface area (Å²) in [5, 5.41) is 5.91. The Kier molecular flexibility index (Phi) is 8.05. The number of thiocarbonyl (C=S) groups is 1. The molecule has 0 radical (unpaired) electrons. The van der Waals surface area contributed by atoms with Crippen LogP contribution in [0.25, 0.3) is 0 Å². The number of thiophene rings is 1. The second-order valence-corrected chi connectivity index (χ2v) is 9.93. The lowest BCUT2D eigenvalue weighted by molar-refractivity contribution is -0.124. The van der Waals surface area contributed by atoms with E-state index in [2.05, 4.69) is 23.7 Å². The number of carbonyl (C=O) groups excluding carboxylic acids is 2. The molecule has 182 valence electrons. The van der Waals surface area contributed by atoms with Crippen molar-refractivity contribution in [3.63, 3.8) is 0 Å². The van der Waals surface area contributed by atoms with Gasteiger partial charge in [-0.3, -0.25) is 14.5 Å². The summed E-state index contributed by atoms with van der Waals surface area (Å²) in [5.41, 5.74) is 2.49. The third-order valence-electron chi connectivity index (χ3n) is 5.78. The number of nitrogens with one attached hydrogen (secondary N) is 1. The fourth-order valence-corrected chi connectivity index (χ4v) is 5.43. The molecule has 1 saturated heterocycles. The lowest BCUT2D eigenvalue weighted by Crippen LogP contribution is -2.39. The van der Waals surface area contributed by atoms with Gasteiger partial charge < -0.3 is 15.0 Å². The molecule has 35 heavy (non-hydrogen) atoms. The minimum Gasteiger partial charge on any atom is -0.494 e. The number of nitrogens with zero attached hydrogens (tertiary/aromatic N) is 2. The Balaban J connectivity index is 1.52. The number of hydrogen-bond acceptors (Lipinski definition) is 5. The minimum absolute atomic E-state index is 0.0142. The summed E-state index contributed by atoms with van der Waals surface area (Å²) in [6.45, 7) is 5.09. The summed E-state index contributed by atoms with van der Waals surface area (Å²) in [6, 6.07) is 15.5. The number of carbonyl (C=O) groups is 2. The molecule has 1 fully saturated rings. The lowest BCUT2D eigenvalue weighted by Gasteiger charge is -2.24. The summed E-state index contributed by atoms with van der Waals surface area (Å²) in [5.74, 6) is 0.253. The molecular formula is C26H26ClN3O3S2. The van der Waals surface area contributed by atoms with Gasteiger partial charge in [-0.25, -0.2) is 0 Å². The molecule has 0 spiro atoms. The smallest absolute Gasteiger partial charge is 0.256 e. The van der Waals surface area contributed by atoms with Crippen molar-refractivity contribution >= 4 is 63.5 Å². The van der Waals surface area contributed by atoms with E-state index in [0.29, 0.717) is 34.7 Å². The standard InChI is InChI=1S/C26H26ClN3O3S2/c1-3-33-21-10-6-19(7-11-21)28-24(31)16-22-25(32)30(20-8-4-18(27)5-9-20)26(34)29(22)14-12-23-17(2)13-15-35-23/h4-11,13,15,22H,3,12,14,16H2,1-2H3,(H,28,31)/t22-/m0/s1. The van der Waals surface area contributed by atoms with Crippen LogP contribution in [0.4, 0.5) is 11.4 Å². The van der Waals surface area contributed by atoms with Crippen LogP contribution in [-0.4, -0.2) is 41.0 Å². The predicted molar refractivity (Wildman–Crippen MR) is 146 cm³/mol. The summed E-state index contributed by atoms with van der Waals surface area (Å²) in [6.07, 6.45) is 0.724. The SMILES string of the molecule is CCOc1ccc(NC(=O)C[C@H]2C(=O)N(c3ccc(Cl)cc3)C(=S)N2CCc2sccc2C)cc1. The third-order valence-corrected chi connectivity index (χ3v) is 7.53. The van der Waals surface area contributed by atoms with Crippen LogP contribution < -0.4 is 15.0 Å². The van der Waals surface area contributed by atoms with Gasteiger partial charge in [-0.05, 0) is 98.0 Å². The number of aryl methyl sites for hydroxylation is 1. The van der Waals surface area contributed by atoms with Crippen molar-refractivity contribution in [2.24, 2.45) is 0 Å². The zero-order chi connectivity index (χ0) is 24.9. The Labute approximate surface area is 219 Å². The van der Waals surface area contributed by atoms with Crippen molar-refractivity contribution in [2.75, 3.05) is 23.4 Å². The minimum atomic E-state index is -0.693. The molecule has 0 bridgehead atoms. The molecule has 1 aliphatic heterocycles. The van der Waals surface area contributed by atoms with Gasteiger partial charge in [-0.2, -0.15) is 0 Å². The highest BCUT2D eigenvalue weighted by molar-refractivity contribution is 7.80. The van der Waals surface area contributed by atoms with Gasteiger partial charge in [0.25, 0.3) is 5.91 Å². The van der Waals surface area contributed by atoms with Crippen LogP contribution in [-0.2, 0) is 16.0 Å². The number of amides is 2. The Bertz CT molecular complexity index is 1210. The Morgan fingerprint density at radius 1 is 1.14 bits per heavy atom. The van der Waals surface area contributed by atoms with Crippen molar-refractivity contribution < 1.29 is 14.3 Å². The van der Waals surface area contributed by atoms with Crippen molar-refractivity contribution in [2.45, 2.75) is 32.7 Å². The molecule has 0 saturated carbocycles. The monoisotopic (exact) mass is 527 g/mol. The number of halogens is 1. The van der Waals surface area contributed by atoms with Crippen LogP contribution in [0.2, 0.25) is 5.02 Å². The van der Waals surface area contributed by atoms with Crippen LogP contribution in [0.1, 0.15) is 23.8 Å². The normalized spacial score (nSPS) is 15.6. The summed E-state index contributed by atoms with van der Waals surface area (Å²) in [4.78, 5) is 31.1. The zero-order valence-electron chi connectivity index (χ0n) is 19.5. The Morgan fingerprint density at radius 3 is 2.49 bits per heavy atom. The molecule has 1 aliphatic rings. The molecule has 2 heterocycles. The number of hydrogen-bond donors (Lipinski definition) is 1. The first-order valence-corrected chi connectivity index (χ1v) is 13.0. The molecule has 9 heteroatoms. The Hall–Kier alpha value is -2.94. The highest BCUT2D eigenvalue weighted by Crippen LogP contribution is 2.29. The topological polar surface area (TPSA) is 61.9 Å². The maximum Gasteiger partial charge on any atom is 0.256 e. The third kappa shape index (κ3) is 5.83. The van der Waals surface area contributed by atoms with Gasteiger partial charge in [-0.1, -0.05) is 11.6 Å². The second kappa shape index (κ2) is 11.2. The largest absolute Gasteiger partial charge is 0.494 e. The van der Waals surface area contributed by atoms with Crippen LogP contribution in [0, 0.1) is 6.92 Å². The van der Waals surface area contributed by atoms with E-state index in [1.165, 1.54) is 15.3 Å². The number of anilines is 2. The quantitative estimate of drug-likeness (QED) is 0.363. The fraction of sp³-hybridized carbons (Fsp3) is 0.269. The second-order valence-electron chi connectivity index (χ2n) is 8.13. The molecule has 6 nitrogen and oxygen atoms in total. The van der Waals surface area contributed by atoms with E-state index in [-0.39, 0.29) is 18.2 Å². The van der Waals surface area contributed by atoms with Crippen LogP contribution >= 0.6 is 35.2 Å². The van der Waals surface area contributed by atoms with Crippen molar-refractivity contribution in [1.82, 2.24) is 4.90 Å². The molecular weight excluding hydrogens is 502 g/mol. The molecule has 1 atom stereocenters. The highest BCUT2D eigenvalue weighted by Gasteiger charge is 2.44. The first-order valence-electron chi connectivity index (χ1n) is 11.3. The predicted octanol–water partition coefficient (Wildman–Crippen LogP) is 5.68. The van der Waals surface area contributed by atoms with E-state index in [1.807, 2.05) is 11.8 Å². The van der Waals surface area contributed by atoms with Gasteiger partial charge in [-0.15, -0.1) is 11.3 Å². The summed E-state index contributed by atoms with van der Waals surface area (Å²) in [7, 11) is 0. The lowest BCUT2D eigenvalue weighted by atomic mass is 10.1. The zero-order valence-corrected chi connectivity index (χ0v) is 21.9. The summed E-state index contributed by atoms with van der Waals surface area (Å²) >= 11 is 13.5. The maximum absolute atomic E-state index is 13.5. The fourth-order valence-electron chi connectivity index (χ4n) is 3.99. The molecule has 3 aromatic rings. The Morgan fingerprint density at radius 2 is 1.86 bits per heavy atom. The molecule has 4 rings (SSSR count). The maximum atomic E-state index is 13.5. The van der Waals surface area contributed by atoms with E-state index in [0.717, 1.165) is 12.2 Å². The number of rotatable bonds is 9. The first kappa shape index (κ1) is 25.2. The average Bonchev–Trinajstić information content (AvgIpc) is 3.34. The van der Waals surface area contributed by atoms with Crippen molar-refractivity contribution in [3.05, 3.63) is 75.4 Å². The van der Waals surface area contributed by atoms with Gasteiger partial charge in [0.2, 0.25) is 5.91 Å². The van der Waals surface area contributed by atoms with Gasteiger partial charge in [0.05, 0.1) is 18.7 Å². The average molecular weight is 528 g/mol. The van der Waals surface area contributed by atoms with Gasteiger partial charge in [0, 0.05) is 22.1 Å². The molecule has 0 aliphatic carbocycles. The van der Waals surface area contributed by atoms with E-state index < -0.39 is 6.04 Å². The van der Waals surface area contributed by atoms with Crippen LogP contribution in [0.15, 0.2) is 60.0 Å².